The largest absolute Gasteiger partial charge is 0.301 e. The van der Waals surface area contributed by atoms with Gasteiger partial charge in [0.1, 0.15) is 4.83 Å². The molecular weight excluding hydrogens is 356 g/mol. The maximum Gasteiger partial charge on any atom is 0.260 e. The molecule has 8 heteroatoms. The standard InChI is InChI=1S/C17H18N4O2S2/c1-9(2)10-3-5-11(6-4-10)12-7-24-16-14(12)15(23)19-17(20-16)25-8-13(22)21-18/h3-7,9H,8,18H2,1-2H3,(H,21,22)(H,19,20,23). The molecule has 0 radical (unpaired) electrons. The van der Waals surface area contributed by atoms with Crippen molar-refractivity contribution < 1.29 is 4.79 Å². The molecule has 0 unspecified atom stereocenters. The van der Waals surface area contributed by atoms with Crippen LogP contribution in [-0.2, 0) is 4.79 Å². The lowest BCUT2D eigenvalue weighted by molar-refractivity contribution is -0.118. The summed E-state index contributed by atoms with van der Waals surface area (Å²) in [4.78, 5) is 31.6. The molecule has 0 fully saturated rings. The molecule has 2 heterocycles. The van der Waals surface area contributed by atoms with Crippen LogP contribution in [0.4, 0.5) is 0 Å². The van der Waals surface area contributed by atoms with Crippen LogP contribution in [-0.4, -0.2) is 21.6 Å². The number of hydrazine groups is 1. The van der Waals surface area contributed by atoms with Crippen molar-refractivity contribution in [3.05, 3.63) is 45.6 Å². The number of nitrogens with one attached hydrogen (secondary N) is 2. The first-order valence-corrected chi connectivity index (χ1v) is 9.60. The van der Waals surface area contributed by atoms with Gasteiger partial charge in [-0.15, -0.1) is 11.3 Å². The Kier molecular flexibility index (Phi) is 5.22. The Morgan fingerprint density at radius 2 is 2.08 bits per heavy atom. The van der Waals surface area contributed by atoms with E-state index in [0.717, 1.165) is 22.9 Å². The van der Waals surface area contributed by atoms with Gasteiger partial charge in [-0.25, -0.2) is 10.8 Å². The van der Waals surface area contributed by atoms with E-state index < -0.39 is 0 Å². The Bertz CT molecular complexity index is 961. The van der Waals surface area contributed by atoms with Crippen molar-refractivity contribution in [1.82, 2.24) is 15.4 Å². The second-order valence-corrected chi connectivity index (χ2v) is 7.66. The van der Waals surface area contributed by atoms with E-state index >= 15 is 0 Å². The zero-order valence-electron chi connectivity index (χ0n) is 13.8. The van der Waals surface area contributed by atoms with Crippen LogP contribution in [0.2, 0.25) is 0 Å². The van der Waals surface area contributed by atoms with E-state index in [-0.39, 0.29) is 17.2 Å². The number of thiophene rings is 1. The highest BCUT2D eigenvalue weighted by molar-refractivity contribution is 7.99. The third-order valence-electron chi connectivity index (χ3n) is 3.81. The van der Waals surface area contributed by atoms with Crippen LogP contribution in [0.5, 0.6) is 0 Å². The summed E-state index contributed by atoms with van der Waals surface area (Å²) in [6, 6.07) is 8.23. The van der Waals surface area contributed by atoms with Gasteiger partial charge in [-0.2, -0.15) is 0 Å². The molecule has 0 bridgehead atoms. The Balaban J connectivity index is 1.96. The average molecular weight is 374 g/mol. The van der Waals surface area contributed by atoms with E-state index in [0.29, 0.717) is 21.3 Å². The van der Waals surface area contributed by atoms with E-state index in [2.05, 4.69) is 35.9 Å². The molecule has 0 aliphatic rings. The number of amides is 1. The van der Waals surface area contributed by atoms with Gasteiger partial charge in [0, 0.05) is 10.9 Å². The number of H-pyrrole nitrogens is 1. The van der Waals surface area contributed by atoms with Crippen LogP contribution in [0.1, 0.15) is 25.3 Å². The lowest BCUT2D eigenvalue weighted by Gasteiger charge is -2.06. The van der Waals surface area contributed by atoms with Crippen LogP contribution >= 0.6 is 23.1 Å². The minimum absolute atomic E-state index is 0.0971. The van der Waals surface area contributed by atoms with Crippen molar-refractivity contribution in [2.24, 2.45) is 5.84 Å². The van der Waals surface area contributed by atoms with Crippen LogP contribution < -0.4 is 16.8 Å². The molecule has 4 N–H and O–H groups in total. The molecule has 0 aliphatic heterocycles. The van der Waals surface area contributed by atoms with Crippen molar-refractivity contribution >= 4 is 39.2 Å². The Morgan fingerprint density at radius 1 is 1.36 bits per heavy atom. The van der Waals surface area contributed by atoms with Gasteiger partial charge in [0.2, 0.25) is 5.91 Å². The highest BCUT2D eigenvalue weighted by atomic mass is 32.2. The third-order valence-corrected chi connectivity index (χ3v) is 5.56. The zero-order valence-corrected chi connectivity index (χ0v) is 15.5. The number of carbonyl (C=O) groups is 1. The minimum atomic E-state index is -0.329. The van der Waals surface area contributed by atoms with Crippen LogP contribution in [0.25, 0.3) is 21.3 Å². The van der Waals surface area contributed by atoms with E-state index in [1.807, 2.05) is 22.9 Å². The first-order valence-electron chi connectivity index (χ1n) is 7.73. The maximum atomic E-state index is 12.5. The molecule has 3 rings (SSSR count). The Labute approximate surface area is 152 Å². The molecule has 130 valence electrons. The SMILES string of the molecule is CC(C)c1ccc(-c2csc3nc(SCC(=O)NN)[nH]c(=O)c23)cc1. The van der Waals surface area contributed by atoms with Gasteiger partial charge >= 0.3 is 0 Å². The molecule has 0 spiro atoms. The van der Waals surface area contributed by atoms with Crippen LogP contribution in [0.15, 0.2) is 39.6 Å². The molecule has 25 heavy (non-hydrogen) atoms. The normalized spacial score (nSPS) is 11.2. The number of benzene rings is 1. The summed E-state index contributed by atoms with van der Waals surface area (Å²) < 4.78 is 0. The smallest absolute Gasteiger partial charge is 0.260 e. The van der Waals surface area contributed by atoms with Gasteiger partial charge in [-0.1, -0.05) is 49.9 Å². The predicted molar refractivity (Wildman–Crippen MR) is 103 cm³/mol. The van der Waals surface area contributed by atoms with Crippen LogP contribution in [0, 0.1) is 0 Å². The number of fused-ring (bicyclic) bond motifs is 1. The van der Waals surface area contributed by atoms with Crippen molar-refractivity contribution in [1.29, 1.82) is 0 Å². The zero-order chi connectivity index (χ0) is 18.0. The number of hydrogen-bond donors (Lipinski definition) is 3. The Hall–Kier alpha value is -2.16. The molecule has 2 aromatic heterocycles. The lowest BCUT2D eigenvalue weighted by Crippen LogP contribution is -2.31. The fourth-order valence-electron chi connectivity index (χ4n) is 2.43. The lowest BCUT2D eigenvalue weighted by atomic mass is 9.99. The molecule has 1 aromatic carbocycles. The molecule has 0 saturated carbocycles. The first-order chi connectivity index (χ1) is 12.0. The summed E-state index contributed by atoms with van der Waals surface area (Å²) in [5.74, 6) is 5.28. The molecule has 0 aliphatic carbocycles. The summed E-state index contributed by atoms with van der Waals surface area (Å²) in [5.41, 5.74) is 4.97. The summed E-state index contributed by atoms with van der Waals surface area (Å²) in [5, 5.41) is 2.93. The Morgan fingerprint density at radius 3 is 2.72 bits per heavy atom. The molecule has 0 saturated heterocycles. The number of thioether (sulfide) groups is 1. The highest BCUT2D eigenvalue weighted by Crippen LogP contribution is 2.32. The molecule has 6 nitrogen and oxygen atoms in total. The number of aromatic amines is 1. The van der Waals surface area contributed by atoms with Crippen molar-refractivity contribution in [2.45, 2.75) is 24.9 Å². The van der Waals surface area contributed by atoms with Gasteiger partial charge in [-0.3, -0.25) is 15.0 Å². The van der Waals surface area contributed by atoms with E-state index in [1.54, 1.807) is 0 Å². The van der Waals surface area contributed by atoms with Crippen molar-refractivity contribution in [2.75, 3.05) is 5.75 Å². The van der Waals surface area contributed by atoms with E-state index in [9.17, 15) is 9.59 Å². The van der Waals surface area contributed by atoms with Gasteiger partial charge < -0.3 is 4.98 Å². The quantitative estimate of drug-likeness (QED) is 0.210. The summed E-state index contributed by atoms with van der Waals surface area (Å²) in [7, 11) is 0. The van der Waals surface area contributed by atoms with E-state index in [1.165, 1.54) is 16.9 Å². The fourth-order valence-corrected chi connectivity index (χ4v) is 4.11. The predicted octanol–water partition coefficient (Wildman–Crippen LogP) is 2.86. The number of nitrogens with two attached hydrogens (primary N) is 1. The second kappa shape index (κ2) is 7.38. The van der Waals surface area contributed by atoms with Crippen molar-refractivity contribution in [3.8, 4) is 11.1 Å². The second-order valence-electron chi connectivity index (χ2n) is 5.83. The van der Waals surface area contributed by atoms with Gasteiger partial charge in [-0.05, 0) is 17.0 Å². The number of nitrogens with zero attached hydrogens (tertiary/aromatic N) is 1. The number of rotatable bonds is 5. The number of aromatic nitrogens is 2. The van der Waals surface area contributed by atoms with E-state index in [4.69, 9.17) is 5.84 Å². The van der Waals surface area contributed by atoms with Crippen molar-refractivity contribution in [3.63, 3.8) is 0 Å². The summed E-state index contributed by atoms with van der Waals surface area (Å²) >= 11 is 2.56. The highest BCUT2D eigenvalue weighted by Gasteiger charge is 2.14. The maximum absolute atomic E-state index is 12.5. The van der Waals surface area contributed by atoms with Gasteiger partial charge in [0.05, 0.1) is 11.1 Å². The summed E-state index contributed by atoms with van der Waals surface area (Å²) in [6.45, 7) is 4.29. The van der Waals surface area contributed by atoms with Gasteiger partial charge in [0.15, 0.2) is 5.16 Å². The fraction of sp³-hybridized carbons (Fsp3) is 0.235. The molecule has 1 amide bonds. The number of hydrogen-bond acceptors (Lipinski definition) is 6. The molecule has 0 atom stereocenters. The number of carbonyl (C=O) groups excluding carboxylic acids is 1. The minimum Gasteiger partial charge on any atom is -0.301 e. The van der Waals surface area contributed by atoms with Gasteiger partial charge in [0.25, 0.3) is 5.56 Å². The molecule has 3 aromatic rings. The monoisotopic (exact) mass is 374 g/mol. The molecular formula is C17H18N4O2S2. The third kappa shape index (κ3) is 3.76. The first kappa shape index (κ1) is 17.7. The average Bonchev–Trinajstić information content (AvgIpc) is 3.04. The topological polar surface area (TPSA) is 101 Å². The van der Waals surface area contributed by atoms with Crippen LogP contribution in [0.3, 0.4) is 0 Å². The summed E-state index contributed by atoms with van der Waals surface area (Å²) in [6.07, 6.45) is 0.